The van der Waals surface area contributed by atoms with Crippen LogP contribution in [0.5, 0.6) is 0 Å². The summed E-state index contributed by atoms with van der Waals surface area (Å²) in [6.07, 6.45) is 0.691. The molecule has 1 aromatic rings. The Morgan fingerprint density at radius 1 is 1.29 bits per heavy atom. The van der Waals surface area contributed by atoms with Gasteiger partial charge < -0.3 is 11.1 Å². The first kappa shape index (κ1) is 13.6. The quantitative estimate of drug-likeness (QED) is 0.841. The monoisotopic (exact) mass is 234 g/mol. The molecule has 0 aromatic heterocycles. The summed E-state index contributed by atoms with van der Waals surface area (Å²) in [5.41, 5.74) is 7.65. The van der Waals surface area contributed by atoms with E-state index < -0.39 is 0 Å². The SMILES string of the molecule is CCC(Nc1ccc(C(C)(C)C)cc1)C(N)=O. The summed E-state index contributed by atoms with van der Waals surface area (Å²) in [6.45, 7) is 8.46. The average molecular weight is 234 g/mol. The van der Waals surface area contributed by atoms with Gasteiger partial charge in [-0.2, -0.15) is 0 Å². The molecule has 0 heterocycles. The fourth-order valence-electron chi connectivity index (χ4n) is 1.64. The van der Waals surface area contributed by atoms with Crippen LogP contribution in [0.4, 0.5) is 5.69 Å². The highest BCUT2D eigenvalue weighted by Crippen LogP contribution is 2.23. The molecule has 0 fully saturated rings. The molecule has 0 aliphatic carbocycles. The Bertz CT molecular complexity index is 376. The molecule has 17 heavy (non-hydrogen) atoms. The van der Waals surface area contributed by atoms with E-state index >= 15 is 0 Å². The largest absolute Gasteiger partial charge is 0.374 e. The van der Waals surface area contributed by atoms with Crippen molar-refractivity contribution in [1.82, 2.24) is 0 Å². The number of primary amides is 1. The highest BCUT2D eigenvalue weighted by atomic mass is 16.1. The molecule has 0 bridgehead atoms. The summed E-state index contributed by atoms with van der Waals surface area (Å²) in [5.74, 6) is -0.313. The Hall–Kier alpha value is -1.51. The van der Waals surface area contributed by atoms with Crippen LogP contribution in [0.2, 0.25) is 0 Å². The fraction of sp³-hybridized carbons (Fsp3) is 0.500. The molecule has 94 valence electrons. The third-order valence-corrected chi connectivity index (χ3v) is 2.84. The standard InChI is InChI=1S/C14H22N2O/c1-5-12(13(15)17)16-11-8-6-10(7-9-11)14(2,3)4/h6-9,12,16H,5H2,1-4H3,(H2,15,17). The number of nitrogens with two attached hydrogens (primary N) is 1. The van der Waals surface area contributed by atoms with Crippen molar-refractivity contribution in [3.05, 3.63) is 29.8 Å². The highest BCUT2D eigenvalue weighted by molar-refractivity contribution is 5.82. The second-order valence-electron chi connectivity index (χ2n) is 5.33. The Labute approximate surface area is 103 Å². The van der Waals surface area contributed by atoms with Gasteiger partial charge in [0, 0.05) is 5.69 Å². The molecule has 3 nitrogen and oxygen atoms in total. The van der Waals surface area contributed by atoms with E-state index in [-0.39, 0.29) is 17.4 Å². The number of anilines is 1. The zero-order chi connectivity index (χ0) is 13.1. The maximum atomic E-state index is 11.1. The number of hydrogen-bond donors (Lipinski definition) is 2. The van der Waals surface area contributed by atoms with Crippen molar-refractivity contribution in [3.8, 4) is 0 Å². The zero-order valence-corrected chi connectivity index (χ0v) is 11.1. The van der Waals surface area contributed by atoms with Crippen LogP contribution in [0.25, 0.3) is 0 Å². The van der Waals surface area contributed by atoms with E-state index in [2.05, 4.69) is 38.2 Å². The van der Waals surface area contributed by atoms with Crippen molar-refractivity contribution in [2.45, 2.75) is 45.6 Å². The first-order valence-corrected chi connectivity index (χ1v) is 6.01. The Morgan fingerprint density at radius 2 is 1.82 bits per heavy atom. The summed E-state index contributed by atoms with van der Waals surface area (Å²) < 4.78 is 0. The third kappa shape index (κ3) is 3.77. The number of carbonyl (C=O) groups excluding carboxylic acids is 1. The molecule has 1 unspecified atom stereocenters. The summed E-state index contributed by atoms with van der Waals surface area (Å²) in [7, 11) is 0. The number of carbonyl (C=O) groups is 1. The molecule has 1 aromatic carbocycles. The summed E-state index contributed by atoms with van der Waals surface area (Å²) in [6, 6.07) is 7.85. The number of hydrogen-bond acceptors (Lipinski definition) is 2. The van der Waals surface area contributed by atoms with Crippen LogP contribution < -0.4 is 11.1 Å². The smallest absolute Gasteiger partial charge is 0.239 e. The van der Waals surface area contributed by atoms with Crippen molar-refractivity contribution in [1.29, 1.82) is 0 Å². The maximum absolute atomic E-state index is 11.1. The van der Waals surface area contributed by atoms with E-state index in [0.29, 0.717) is 6.42 Å². The summed E-state index contributed by atoms with van der Waals surface area (Å²) >= 11 is 0. The minimum atomic E-state index is -0.313. The first-order valence-electron chi connectivity index (χ1n) is 6.01. The second kappa shape index (κ2) is 5.21. The molecule has 0 spiro atoms. The molecule has 3 heteroatoms. The van der Waals surface area contributed by atoms with Crippen LogP contribution in [0, 0.1) is 0 Å². The number of rotatable bonds is 4. The highest BCUT2D eigenvalue weighted by Gasteiger charge is 2.14. The molecule has 1 atom stereocenters. The Kier molecular flexibility index (Phi) is 4.16. The van der Waals surface area contributed by atoms with Gasteiger partial charge in [-0.25, -0.2) is 0 Å². The van der Waals surface area contributed by atoms with E-state index in [9.17, 15) is 4.79 Å². The van der Waals surface area contributed by atoms with Gasteiger partial charge in [0.2, 0.25) is 5.91 Å². The van der Waals surface area contributed by atoms with Gasteiger partial charge in [0.15, 0.2) is 0 Å². The predicted octanol–water partition coefficient (Wildman–Crippen LogP) is 2.66. The lowest BCUT2D eigenvalue weighted by atomic mass is 9.87. The lowest BCUT2D eigenvalue weighted by molar-refractivity contribution is -0.118. The lowest BCUT2D eigenvalue weighted by Gasteiger charge is -2.20. The zero-order valence-electron chi connectivity index (χ0n) is 11.1. The van der Waals surface area contributed by atoms with Crippen molar-refractivity contribution >= 4 is 11.6 Å². The Balaban J connectivity index is 2.78. The van der Waals surface area contributed by atoms with Gasteiger partial charge in [-0.1, -0.05) is 39.8 Å². The molecule has 0 radical (unpaired) electrons. The summed E-state index contributed by atoms with van der Waals surface area (Å²) in [4.78, 5) is 11.1. The average Bonchev–Trinajstić information content (AvgIpc) is 2.25. The molecule has 1 amide bonds. The van der Waals surface area contributed by atoms with Crippen LogP contribution in [0.3, 0.4) is 0 Å². The van der Waals surface area contributed by atoms with E-state index in [1.807, 2.05) is 19.1 Å². The minimum Gasteiger partial charge on any atom is -0.374 e. The third-order valence-electron chi connectivity index (χ3n) is 2.84. The van der Waals surface area contributed by atoms with Gasteiger partial charge >= 0.3 is 0 Å². The van der Waals surface area contributed by atoms with Crippen molar-refractivity contribution in [3.63, 3.8) is 0 Å². The lowest BCUT2D eigenvalue weighted by Crippen LogP contribution is -2.34. The van der Waals surface area contributed by atoms with E-state index in [4.69, 9.17) is 5.73 Å². The topological polar surface area (TPSA) is 55.1 Å². The van der Waals surface area contributed by atoms with Crippen LogP contribution in [0.15, 0.2) is 24.3 Å². The van der Waals surface area contributed by atoms with E-state index in [0.717, 1.165) is 5.69 Å². The van der Waals surface area contributed by atoms with Gasteiger partial charge in [-0.05, 0) is 29.5 Å². The molecule has 0 saturated heterocycles. The number of benzene rings is 1. The van der Waals surface area contributed by atoms with Crippen LogP contribution >= 0.6 is 0 Å². The normalized spacial score (nSPS) is 13.2. The second-order valence-corrected chi connectivity index (χ2v) is 5.33. The first-order chi connectivity index (χ1) is 7.84. The molecular weight excluding hydrogens is 212 g/mol. The Morgan fingerprint density at radius 3 is 2.18 bits per heavy atom. The van der Waals surface area contributed by atoms with Crippen molar-refractivity contribution in [2.75, 3.05) is 5.32 Å². The molecular formula is C14H22N2O. The van der Waals surface area contributed by atoms with E-state index in [1.54, 1.807) is 0 Å². The van der Waals surface area contributed by atoms with Crippen molar-refractivity contribution < 1.29 is 4.79 Å². The fourth-order valence-corrected chi connectivity index (χ4v) is 1.64. The molecule has 0 saturated carbocycles. The van der Waals surface area contributed by atoms with Gasteiger partial charge in [0.25, 0.3) is 0 Å². The molecule has 0 aliphatic heterocycles. The summed E-state index contributed by atoms with van der Waals surface area (Å²) in [5, 5.41) is 3.13. The van der Waals surface area contributed by atoms with Gasteiger partial charge in [0.1, 0.15) is 6.04 Å². The van der Waals surface area contributed by atoms with Gasteiger partial charge in [0.05, 0.1) is 0 Å². The number of nitrogens with one attached hydrogen (secondary N) is 1. The van der Waals surface area contributed by atoms with Crippen molar-refractivity contribution in [2.24, 2.45) is 5.73 Å². The van der Waals surface area contributed by atoms with E-state index in [1.165, 1.54) is 5.56 Å². The van der Waals surface area contributed by atoms with Crippen LogP contribution in [-0.4, -0.2) is 11.9 Å². The number of amides is 1. The minimum absolute atomic E-state index is 0.145. The van der Waals surface area contributed by atoms with Crippen LogP contribution in [-0.2, 0) is 10.2 Å². The molecule has 1 rings (SSSR count). The molecule has 0 aliphatic rings. The van der Waals surface area contributed by atoms with Gasteiger partial charge in [-0.15, -0.1) is 0 Å². The van der Waals surface area contributed by atoms with Crippen LogP contribution in [0.1, 0.15) is 39.7 Å². The van der Waals surface area contributed by atoms with Gasteiger partial charge in [-0.3, -0.25) is 4.79 Å². The predicted molar refractivity (Wildman–Crippen MR) is 72.0 cm³/mol. The maximum Gasteiger partial charge on any atom is 0.239 e. The molecule has 3 N–H and O–H groups in total.